The van der Waals surface area contributed by atoms with Gasteiger partial charge in [-0.05, 0) is 23.3 Å². The third kappa shape index (κ3) is 2.24. The van der Waals surface area contributed by atoms with E-state index in [1.807, 2.05) is 36.4 Å². The number of fused-ring (bicyclic) bond motifs is 7. The highest BCUT2D eigenvalue weighted by molar-refractivity contribution is 5.67. The summed E-state index contributed by atoms with van der Waals surface area (Å²) >= 11 is 0. The van der Waals surface area contributed by atoms with Crippen LogP contribution in [0.15, 0.2) is 72.8 Å². The second-order valence-corrected chi connectivity index (χ2v) is 7.56. The molecule has 0 radical (unpaired) electrons. The smallest absolute Gasteiger partial charge is 0.269 e. The molecule has 1 spiro atoms. The second-order valence-electron chi connectivity index (χ2n) is 7.56. The Morgan fingerprint density at radius 1 is 0.828 bits per heavy atom. The van der Waals surface area contributed by atoms with Crippen molar-refractivity contribution in [1.82, 2.24) is 0 Å². The van der Waals surface area contributed by atoms with E-state index in [9.17, 15) is 10.1 Å². The fraction of sp³-hybridized carbons (Fsp3) is 0.217. The summed E-state index contributed by atoms with van der Waals surface area (Å²) in [6, 6.07) is 23.6. The number of anilines is 1. The zero-order chi connectivity index (χ0) is 19.6. The van der Waals surface area contributed by atoms with Gasteiger partial charge in [-0.3, -0.25) is 10.1 Å². The summed E-state index contributed by atoms with van der Waals surface area (Å²) in [5, 5.41) is 11.0. The summed E-state index contributed by atoms with van der Waals surface area (Å²) in [6.45, 7) is 1.12. The predicted octanol–water partition coefficient (Wildman–Crippen LogP) is 4.46. The maximum atomic E-state index is 11.0. The van der Waals surface area contributed by atoms with E-state index < -0.39 is 5.79 Å². The standard InChI is InChI=1S/C23H18N2O4/c26-25(27)16-11-9-15(10-12-16)24-21-17-5-1-3-7-19(17)23(28-13-14-29-23)20-8-4-2-6-18(20)22(21)24/h1-12,21-22H,13-14H2. The van der Waals surface area contributed by atoms with Crippen LogP contribution in [0.4, 0.5) is 11.4 Å². The van der Waals surface area contributed by atoms with E-state index in [1.165, 1.54) is 11.1 Å². The van der Waals surface area contributed by atoms with Gasteiger partial charge in [0, 0.05) is 28.9 Å². The van der Waals surface area contributed by atoms with Crippen LogP contribution in [0.2, 0.25) is 0 Å². The summed E-state index contributed by atoms with van der Waals surface area (Å²) in [5.74, 6) is -0.859. The minimum Gasteiger partial charge on any atom is -0.353 e. The molecule has 2 atom stereocenters. The average Bonchev–Trinajstić information content (AvgIpc) is 3.32. The number of nitrogens with zero attached hydrogens (tertiary/aromatic N) is 2. The summed E-state index contributed by atoms with van der Waals surface area (Å²) in [4.78, 5) is 13.0. The summed E-state index contributed by atoms with van der Waals surface area (Å²) in [6.07, 6.45) is 0. The van der Waals surface area contributed by atoms with Gasteiger partial charge in [0.05, 0.1) is 30.2 Å². The highest BCUT2D eigenvalue weighted by Crippen LogP contribution is 2.63. The van der Waals surface area contributed by atoms with Crippen LogP contribution in [-0.2, 0) is 15.3 Å². The monoisotopic (exact) mass is 386 g/mol. The lowest BCUT2D eigenvalue weighted by Gasteiger charge is -2.31. The molecule has 144 valence electrons. The van der Waals surface area contributed by atoms with Crippen LogP contribution < -0.4 is 4.90 Å². The van der Waals surface area contributed by atoms with E-state index in [-0.39, 0.29) is 22.7 Å². The molecule has 2 saturated heterocycles. The van der Waals surface area contributed by atoms with Gasteiger partial charge in [-0.1, -0.05) is 48.5 Å². The van der Waals surface area contributed by atoms with Gasteiger partial charge in [-0.2, -0.15) is 0 Å². The number of nitro benzene ring substituents is 1. The van der Waals surface area contributed by atoms with Crippen molar-refractivity contribution in [1.29, 1.82) is 0 Å². The number of ether oxygens (including phenoxy) is 2. The molecule has 2 fully saturated rings. The molecule has 2 unspecified atom stereocenters. The lowest BCUT2D eigenvalue weighted by Crippen LogP contribution is -2.31. The summed E-state index contributed by atoms with van der Waals surface area (Å²) in [7, 11) is 0. The molecule has 3 aromatic rings. The Kier molecular flexibility index (Phi) is 3.39. The number of hydrogen-bond donors (Lipinski definition) is 0. The van der Waals surface area contributed by atoms with Gasteiger partial charge >= 0.3 is 0 Å². The molecule has 0 N–H and O–H groups in total. The molecule has 6 rings (SSSR count). The fourth-order valence-electron chi connectivity index (χ4n) is 4.92. The van der Waals surface area contributed by atoms with Gasteiger partial charge in [0.15, 0.2) is 0 Å². The van der Waals surface area contributed by atoms with Gasteiger partial charge in [0.2, 0.25) is 5.79 Å². The quantitative estimate of drug-likeness (QED) is 0.370. The number of benzene rings is 3. The van der Waals surface area contributed by atoms with E-state index >= 15 is 0 Å². The van der Waals surface area contributed by atoms with Crippen LogP contribution in [-0.4, -0.2) is 18.1 Å². The first-order chi connectivity index (χ1) is 14.2. The maximum absolute atomic E-state index is 11.0. The molecule has 2 heterocycles. The number of nitro groups is 1. The first-order valence-electron chi connectivity index (χ1n) is 9.70. The van der Waals surface area contributed by atoms with Crippen LogP contribution in [0.3, 0.4) is 0 Å². The van der Waals surface area contributed by atoms with Gasteiger partial charge in [0.1, 0.15) is 0 Å². The van der Waals surface area contributed by atoms with Crippen LogP contribution >= 0.6 is 0 Å². The topological polar surface area (TPSA) is 64.6 Å². The van der Waals surface area contributed by atoms with E-state index in [0.717, 1.165) is 16.8 Å². The van der Waals surface area contributed by atoms with E-state index in [1.54, 1.807) is 12.1 Å². The van der Waals surface area contributed by atoms with Crippen LogP contribution in [0.25, 0.3) is 0 Å². The highest BCUT2D eigenvalue weighted by atomic mass is 16.7. The maximum Gasteiger partial charge on any atom is 0.269 e. The highest BCUT2D eigenvalue weighted by Gasteiger charge is 2.58. The molecule has 0 aromatic heterocycles. The van der Waals surface area contributed by atoms with Crippen LogP contribution in [0, 0.1) is 10.1 Å². The fourth-order valence-corrected chi connectivity index (χ4v) is 4.92. The van der Waals surface area contributed by atoms with E-state index in [4.69, 9.17) is 9.47 Å². The number of rotatable bonds is 2. The van der Waals surface area contributed by atoms with Crippen molar-refractivity contribution in [2.45, 2.75) is 17.9 Å². The Labute approximate surface area is 167 Å². The molecule has 0 amide bonds. The molecule has 0 bridgehead atoms. The molecule has 0 saturated carbocycles. The second kappa shape index (κ2) is 5.89. The molecule has 6 nitrogen and oxygen atoms in total. The lowest BCUT2D eigenvalue weighted by molar-refractivity contribution is -0.384. The predicted molar refractivity (Wildman–Crippen MR) is 107 cm³/mol. The molecule has 2 aliphatic heterocycles. The van der Waals surface area contributed by atoms with Crippen molar-refractivity contribution in [2.75, 3.05) is 18.1 Å². The molecular weight excluding hydrogens is 368 g/mol. The molecule has 3 aliphatic rings. The minimum atomic E-state index is -0.859. The Morgan fingerprint density at radius 3 is 1.86 bits per heavy atom. The normalized spacial score (nSPS) is 23.1. The van der Waals surface area contributed by atoms with E-state index in [2.05, 4.69) is 29.2 Å². The van der Waals surface area contributed by atoms with Crippen molar-refractivity contribution in [3.63, 3.8) is 0 Å². The van der Waals surface area contributed by atoms with Gasteiger partial charge in [-0.25, -0.2) is 0 Å². The third-order valence-electron chi connectivity index (χ3n) is 6.13. The van der Waals surface area contributed by atoms with E-state index in [0.29, 0.717) is 13.2 Å². The first kappa shape index (κ1) is 16.7. The zero-order valence-corrected chi connectivity index (χ0v) is 15.5. The van der Waals surface area contributed by atoms with Crippen LogP contribution in [0.1, 0.15) is 34.3 Å². The van der Waals surface area contributed by atoms with Crippen molar-refractivity contribution < 1.29 is 14.4 Å². The zero-order valence-electron chi connectivity index (χ0n) is 15.5. The SMILES string of the molecule is O=[N+]([O-])c1ccc(N2C3c4ccccc4C4(OCCO4)c4ccccc4C32)cc1. The first-order valence-corrected chi connectivity index (χ1v) is 9.70. The molecule has 29 heavy (non-hydrogen) atoms. The Hall–Kier alpha value is -3.22. The minimum absolute atomic E-state index is 0.100. The van der Waals surface area contributed by atoms with Crippen molar-refractivity contribution in [3.05, 3.63) is 105 Å². The number of non-ortho nitro benzene ring substituents is 1. The Bertz CT molecular complexity index is 1070. The molecule has 1 aliphatic carbocycles. The van der Waals surface area contributed by atoms with Gasteiger partial charge in [-0.15, -0.1) is 0 Å². The Balaban J connectivity index is 1.53. The van der Waals surface area contributed by atoms with Crippen molar-refractivity contribution in [2.24, 2.45) is 0 Å². The van der Waals surface area contributed by atoms with Crippen molar-refractivity contribution >= 4 is 11.4 Å². The third-order valence-corrected chi connectivity index (χ3v) is 6.13. The number of hydrogen-bond acceptors (Lipinski definition) is 5. The summed E-state index contributed by atoms with van der Waals surface area (Å²) in [5.41, 5.74) is 5.51. The van der Waals surface area contributed by atoms with Gasteiger partial charge in [0.25, 0.3) is 5.69 Å². The van der Waals surface area contributed by atoms with Gasteiger partial charge < -0.3 is 14.4 Å². The largest absolute Gasteiger partial charge is 0.353 e. The lowest BCUT2D eigenvalue weighted by atomic mass is 9.92. The molecule has 3 aromatic carbocycles. The molecule has 6 heteroatoms. The summed E-state index contributed by atoms with van der Waals surface area (Å²) < 4.78 is 12.5. The molecular formula is C23H18N2O4. The van der Waals surface area contributed by atoms with Crippen molar-refractivity contribution in [3.8, 4) is 0 Å². The van der Waals surface area contributed by atoms with Crippen LogP contribution in [0.5, 0.6) is 0 Å². The Morgan fingerprint density at radius 2 is 1.34 bits per heavy atom. The average molecular weight is 386 g/mol.